The molecule has 0 aromatic carbocycles. The lowest BCUT2D eigenvalue weighted by molar-refractivity contribution is 0.601. The number of aryl methyl sites for hydroxylation is 1. The van der Waals surface area contributed by atoms with Crippen molar-refractivity contribution in [3.63, 3.8) is 0 Å². The molecule has 14 heavy (non-hydrogen) atoms. The molecule has 1 unspecified atom stereocenters. The van der Waals surface area contributed by atoms with E-state index >= 15 is 0 Å². The monoisotopic (exact) mass is 232 g/mol. The Balaban J connectivity index is 2.26. The quantitative estimate of drug-likeness (QED) is 0.782. The zero-order chi connectivity index (χ0) is 10.3. The Kier molecular flexibility index (Phi) is 2.27. The Morgan fingerprint density at radius 2 is 2.29 bits per heavy atom. The van der Waals surface area contributed by atoms with Crippen molar-refractivity contribution in [2.24, 2.45) is 0 Å². The molecule has 6 heteroatoms. The summed E-state index contributed by atoms with van der Waals surface area (Å²) < 4.78 is 22.5. The van der Waals surface area contributed by atoms with Crippen LogP contribution in [0.1, 0.15) is 22.2 Å². The van der Waals surface area contributed by atoms with Crippen molar-refractivity contribution < 1.29 is 8.42 Å². The number of nitrogens with two attached hydrogens (primary N) is 1. The van der Waals surface area contributed by atoms with Gasteiger partial charge in [-0.05, 0) is 13.3 Å². The molecule has 1 aliphatic rings. The average molecular weight is 232 g/mol. The fourth-order valence-electron chi connectivity index (χ4n) is 1.59. The van der Waals surface area contributed by atoms with Crippen LogP contribution >= 0.6 is 11.3 Å². The van der Waals surface area contributed by atoms with Gasteiger partial charge < -0.3 is 5.73 Å². The van der Waals surface area contributed by atoms with Gasteiger partial charge in [-0.25, -0.2) is 13.4 Å². The summed E-state index contributed by atoms with van der Waals surface area (Å²) in [6.45, 7) is 1.90. The number of nitrogen functional groups attached to an aromatic ring is 1. The van der Waals surface area contributed by atoms with Crippen LogP contribution in [-0.4, -0.2) is 24.9 Å². The van der Waals surface area contributed by atoms with E-state index in [-0.39, 0.29) is 17.4 Å². The molecular formula is C8H12N2O2S2. The predicted octanol–water partition coefficient (Wildman–Crippen LogP) is 0.936. The second-order valence-corrected chi connectivity index (χ2v) is 7.06. The van der Waals surface area contributed by atoms with Crippen LogP contribution in [0.5, 0.6) is 0 Å². The predicted molar refractivity (Wildman–Crippen MR) is 57.3 cm³/mol. The first-order valence-electron chi connectivity index (χ1n) is 4.41. The SMILES string of the molecule is Cc1sc(C2CCS(=O)(=O)C2)nc1N. The Morgan fingerprint density at radius 1 is 1.57 bits per heavy atom. The van der Waals surface area contributed by atoms with E-state index in [9.17, 15) is 8.42 Å². The van der Waals surface area contributed by atoms with Gasteiger partial charge in [-0.15, -0.1) is 11.3 Å². The molecule has 2 N–H and O–H groups in total. The third-order valence-electron chi connectivity index (χ3n) is 2.43. The maximum atomic E-state index is 11.3. The molecule has 0 radical (unpaired) electrons. The molecule has 1 aromatic heterocycles. The van der Waals surface area contributed by atoms with Gasteiger partial charge >= 0.3 is 0 Å². The van der Waals surface area contributed by atoms with Gasteiger partial charge in [0.2, 0.25) is 0 Å². The number of rotatable bonds is 1. The number of hydrogen-bond donors (Lipinski definition) is 1. The van der Waals surface area contributed by atoms with E-state index in [1.54, 1.807) is 0 Å². The van der Waals surface area contributed by atoms with Gasteiger partial charge in [0.25, 0.3) is 0 Å². The highest BCUT2D eigenvalue weighted by molar-refractivity contribution is 7.91. The van der Waals surface area contributed by atoms with Gasteiger partial charge in [0.1, 0.15) is 5.82 Å². The number of thiazole rings is 1. The molecule has 1 saturated heterocycles. The van der Waals surface area contributed by atoms with E-state index in [2.05, 4.69) is 4.98 Å². The van der Waals surface area contributed by atoms with Crippen molar-refractivity contribution in [2.75, 3.05) is 17.2 Å². The summed E-state index contributed by atoms with van der Waals surface area (Å²) in [4.78, 5) is 5.17. The van der Waals surface area contributed by atoms with E-state index in [1.165, 1.54) is 11.3 Å². The molecule has 0 aliphatic carbocycles. The third-order valence-corrected chi connectivity index (χ3v) is 5.35. The van der Waals surface area contributed by atoms with Crippen LogP contribution in [-0.2, 0) is 9.84 Å². The first-order valence-corrected chi connectivity index (χ1v) is 7.05. The molecule has 1 fully saturated rings. The molecule has 1 atom stereocenters. The first-order chi connectivity index (χ1) is 6.48. The molecule has 1 aliphatic heterocycles. The van der Waals surface area contributed by atoms with E-state index in [0.717, 1.165) is 9.88 Å². The van der Waals surface area contributed by atoms with E-state index in [1.807, 2.05) is 6.92 Å². The van der Waals surface area contributed by atoms with Crippen molar-refractivity contribution in [3.8, 4) is 0 Å². The fourth-order valence-corrected chi connectivity index (χ4v) is 4.42. The maximum absolute atomic E-state index is 11.3. The molecule has 0 amide bonds. The minimum Gasteiger partial charge on any atom is -0.383 e. The summed E-state index contributed by atoms with van der Waals surface area (Å²) in [6, 6.07) is 0. The maximum Gasteiger partial charge on any atom is 0.151 e. The zero-order valence-electron chi connectivity index (χ0n) is 7.86. The van der Waals surface area contributed by atoms with Gasteiger partial charge in [0.05, 0.1) is 16.5 Å². The number of sulfone groups is 1. The highest BCUT2D eigenvalue weighted by Crippen LogP contribution is 2.33. The van der Waals surface area contributed by atoms with Gasteiger partial charge in [-0.3, -0.25) is 0 Å². The zero-order valence-corrected chi connectivity index (χ0v) is 9.49. The van der Waals surface area contributed by atoms with Crippen LogP contribution in [0, 0.1) is 6.92 Å². The summed E-state index contributed by atoms with van der Waals surface area (Å²) in [6.07, 6.45) is 0.689. The number of aromatic nitrogens is 1. The van der Waals surface area contributed by atoms with Crippen LogP contribution in [0.15, 0.2) is 0 Å². The van der Waals surface area contributed by atoms with Gasteiger partial charge in [0, 0.05) is 10.8 Å². The summed E-state index contributed by atoms with van der Waals surface area (Å²) in [5.41, 5.74) is 5.63. The molecule has 0 saturated carbocycles. The minimum absolute atomic E-state index is 0.0704. The van der Waals surface area contributed by atoms with Crippen LogP contribution in [0.2, 0.25) is 0 Å². The molecule has 4 nitrogen and oxygen atoms in total. The summed E-state index contributed by atoms with van der Waals surface area (Å²) in [5, 5.41) is 0.876. The van der Waals surface area contributed by atoms with Gasteiger partial charge in [-0.1, -0.05) is 0 Å². The first kappa shape index (κ1) is 9.92. The fraction of sp³-hybridized carbons (Fsp3) is 0.625. The van der Waals surface area contributed by atoms with Crippen LogP contribution < -0.4 is 5.73 Å². The molecule has 1 aromatic rings. The van der Waals surface area contributed by atoms with E-state index < -0.39 is 9.84 Å². The van der Waals surface area contributed by atoms with Crippen molar-refractivity contribution in [2.45, 2.75) is 19.3 Å². The Bertz CT molecular complexity index is 430. The lowest BCUT2D eigenvalue weighted by Crippen LogP contribution is -2.03. The Morgan fingerprint density at radius 3 is 2.71 bits per heavy atom. The minimum atomic E-state index is -2.82. The molecule has 0 spiro atoms. The smallest absolute Gasteiger partial charge is 0.151 e. The van der Waals surface area contributed by atoms with Gasteiger partial charge in [0.15, 0.2) is 9.84 Å². The van der Waals surface area contributed by atoms with E-state index in [0.29, 0.717) is 12.2 Å². The van der Waals surface area contributed by atoms with E-state index in [4.69, 9.17) is 5.73 Å². The molecule has 2 heterocycles. The summed E-state index contributed by atoms with van der Waals surface area (Å²) in [7, 11) is -2.82. The van der Waals surface area contributed by atoms with Crippen LogP contribution in [0.25, 0.3) is 0 Å². The second-order valence-electron chi connectivity index (χ2n) is 3.59. The van der Waals surface area contributed by atoms with Crippen molar-refractivity contribution in [1.82, 2.24) is 4.98 Å². The third kappa shape index (κ3) is 1.76. The normalized spacial score (nSPS) is 25.4. The highest BCUT2D eigenvalue weighted by Gasteiger charge is 2.31. The molecule has 2 rings (SSSR count). The van der Waals surface area contributed by atoms with Crippen LogP contribution in [0.4, 0.5) is 5.82 Å². The number of hydrogen-bond acceptors (Lipinski definition) is 5. The summed E-state index contributed by atoms with van der Waals surface area (Å²) in [5.74, 6) is 1.13. The van der Waals surface area contributed by atoms with Crippen LogP contribution in [0.3, 0.4) is 0 Å². The molecule has 78 valence electrons. The standard InChI is InChI=1S/C8H12N2O2S2/c1-5-7(9)10-8(13-5)6-2-3-14(11,12)4-6/h6H,2-4,9H2,1H3. The average Bonchev–Trinajstić information content (AvgIpc) is 2.57. The molecular weight excluding hydrogens is 220 g/mol. The molecule has 0 bridgehead atoms. The van der Waals surface area contributed by atoms with Crippen molar-refractivity contribution in [1.29, 1.82) is 0 Å². The summed E-state index contributed by atoms with van der Waals surface area (Å²) >= 11 is 1.51. The number of anilines is 1. The van der Waals surface area contributed by atoms with Crippen molar-refractivity contribution in [3.05, 3.63) is 9.88 Å². The Labute approximate surface area is 87.1 Å². The highest BCUT2D eigenvalue weighted by atomic mass is 32.2. The second kappa shape index (κ2) is 3.20. The van der Waals surface area contributed by atoms with Crippen molar-refractivity contribution >= 4 is 27.0 Å². The number of nitrogens with zero attached hydrogens (tertiary/aromatic N) is 1. The largest absolute Gasteiger partial charge is 0.383 e. The lowest BCUT2D eigenvalue weighted by atomic mass is 10.1. The Hall–Kier alpha value is -0.620. The topological polar surface area (TPSA) is 73.0 Å². The lowest BCUT2D eigenvalue weighted by Gasteiger charge is -2.00. The van der Waals surface area contributed by atoms with Gasteiger partial charge in [-0.2, -0.15) is 0 Å².